The summed E-state index contributed by atoms with van der Waals surface area (Å²) in [6.45, 7) is 4.20. The number of hydrogen-bond donors (Lipinski definition) is 3. The standard InChI is InChI=1S/C24H30BrFN6O/c1-32-9-5-16(6-10-32)14-33-23-13-21-18(12-22(23)28-8-2-7-27)24(30-15-29-21)31-20-4-3-17(25)11-19(20)26/h3-4,11-13,15-16,28H,2,5-10,14,27H2,1H3,(H,29,30,31). The average molecular weight is 517 g/mol. The lowest BCUT2D eigenvalue weighted by Gasteiger charge is -2.29. The van der Waals surface area contributed by atoms with Gasteiger partial charge < -0.3 is 26.0 Å². The molecule has 1 aliphatic rings. The van der Waals surface area contributed by atoms with E-state index in [-0.39, 0.29) is 5.82 Å². The number of anilines is 3. The summed E-state index contributed by atoms with van der Waals surface area (Å²) in [7, 11) is 2.16. The van der Waals surface area contributed by atoms with Crippen LogP contribution in [0.15, 0.2) is 41.1 Å². The Morgan fingerprint density at radius 1 is 1.18 bits per heavy atom. The molecule has 1 fully saturated rings. The molecule has 0 bridgehead atoms. The molecule has 3 aromatic rings. The molecule has 9 heteroatoms. The van der Waals surface area contributed by atoms with E-state index in [1.54, 1.807) is 12.1 Å². The number of rotatable bonds is 9. The number of nitrogens with zero attached hydrogens (tertiary/aromatic N) is 3. The van der Waals surface area contributed by atoms with E-state index in [1.807, 2.05) is 12.1 Å². The minimum absolute atomic E-state index is 0.346. The first kappa shape index (κ1) is 23.7. The zero-order valence-corrected chi connectivity index (χ0v) is 20.4. The fourth-order valence-electron chi connectivity index (χ4n) is 3.92. The summed E-state index contributed by atoms with van der Waals surface area (Å²) in [6, 6.07) is 8.77. The lowest BCUT2D eigenvalue weighted by molar-refractivity contribution is 0.160. The van der Waals surface area contributed by atoms with E-state index < -0.39 is 0 Å². The van der Waals surface area contributed by atoms with Gasteiger partial charge in [-0.25, -0.2) is 14.4 Å². The molecule has 1 aliphatic heterocycles. The second-order valence-electron chi connectivity index (χ2n) is 8.46. The number of halogens is 2. The summed E-state index contributed by atoms with van der Waals surface area (Å²) in [5.74, 6) is 1.47. The number of benzene rings is 2. The first-order chi connectivity index (χ1) is 16.0. The number of ether oxygens (including phenoxy) is 1. The Kier molecular flexibility index (Phi) is 7.95. The second kappa shape index (κ2) is 11.1. The smallest absolute Gasteiger partial charge is 0.147 e. The van der Waals surface area contributed by atoms with Gasteiger partial charge in [0.1, 0.15) is 23.7 Å². The van der Waals surface area contributed by atoms with Gasteiger partial charge in [-0.3, -0.25) is 0 Å². The average Bonchev–Trinajstić information content (AvgIpc) is 2.81. The van der Waals surface area contributed by atoms with Gasteiger partial charge in [-0.05, 0) is 76.1 Å². The zero-order valence-electron chi connectivity index (χ0n) is 18.8. The van der Waals surface area contributed by atoms with Gasteiger partial charge in [-0.2, -0.15) is 0 Å². The van der Waals surface area contributed by atoms with E-state index in [0.29, 0.717) is 35.0 Å². The first-order valence-electron chi connectivity index (χ1n) is 11.3. The summed E-state index contributed by atoms with van der Waals surface area (Å²) < 4.78 is 21.4. The number of likely N-dealkylation sites (tertiary alicyclic amines) is 1. The summed E-state index contributed by atoms with van der Waals surface area (Å²) >= 11 is 3.29. The Labute approximate surface area is 202 Å². The first-order valence-corrected chi connectivity index (χ1v) is 12.1. The molecule has 176 valence electrons. The highest BCUT2D eigenvalue weighted by Crippen LogP contribution is 2.34. The molecule has 2 aromatic carbocycles. The highest BCUT2D eigenvalue weighted by molar-refractivity contribution is 9.10. The minimum atomic E-state index is -0.365. The van der Waals surface area contributed by atoms with Crippen LogP contribution in [0, 0.1) is 11.7 Å². The lowest BCUT2D eigenvalue weighted by atomic mass is 9.98. The molecule has 0 spiro atoms. The van der Waals surface area contributed by atoms with Crippen LogP contribution in [0.25, 0.3) is 10.9 Å². The number of piperidine rings is 1. The predicted molar refractivity (Wildman–Crippen MR) is 135 cm³/mol. The quantitative estimate of drug-likeness (QED) is 0.353. The maximum Gasteiger partial charge on any atom is 0.147 e. The van der Waals surface area contributed by atoms with Gasteiger partial charge in [-0.15, -0.1) is 0 Å². The summed E-state index contributed by atoms with van der Waals surface area (Å²) in [6.07, 6.45) is 4.58. The number of nitrogens with two attached hydrogens (primary N) is 1. The molecule has 1 aromatic heterocycles. The highest BCUT2D eigenvalue weighted by atomic mass is 79.9. The van der Waals surface area contributed by atoms with Gasteiger partial charge in [0.2, 0.25) is 0 Å². The third-order valence-electron chi connectivity index (χ3n) is 5.93. The van der Waals surface area contributed by atoms with Crippen molar-refractivity contribution in [3.05, 3.63) is 46.9 Å². The number of hydrogen-bond acceptors (Lipinski definition) is 7. The van der Waals surface area contributed by atoms with Crippen LogP contribution < -0.4 is 21.1 Å². The van der Waals surface area contributed by atoms with Crippen molar-refractivity contribution in [3.8, 4) is 5.75 Å². The van der Waals surface area contributed by atoms with Crippen molar-refractivity contribution >= 4 is 44.0 Å². The van der Waals surface area contributed by atoms with E-state index in [1.165, 1.54) is 12.4 Å². The Bertz CT molecular complexity index is 1090. The topological polar surface area (TPSA) is 88.3 Å². The van der Waals surface area contributed by atoms with Crippen LogP contribution in [0.1, 0.15) is 19.3 Å². The van der Waals surface area contributed by atoms with Crippen molar-refractivity contribution in [3.63, 3.8) is 0 Å². The molecule has 33 heavy (non-hydrogen) atoms. The Morgan fingerprint density at radius 3 is 2.76 bits per heavy atom. The van der Waals surface area contributed by atoms with Gasteiger partial charge in [-0.1, -0.05) is 15.9 Å². The molecule has 7 nitrogen and oxygen atoms in total. The lowest BCUT2D eigenvalue weighted by Crippen LogP contribution is -2.32. The van der Waals surface area contributed by atoms with E-state index in [2.05, 4.69) is 48.5 Å². The maximum absolute atomic E-state index is 14.4. The number of aromatic nitrogens is 2. The Hall–Kier alpha value is -2.49. The predicted octanol–water partition coefficient (Wildman–Crippen LogP) is 4.76. The van der Waals surface area contributed by atoms with Crippen molar-refractivity contribution in [2.45, 2.75) is 19.3 Å². The van der Waals surface area contributed by atoms with Gasteiger partial charge in [0, 0.05) is 22.5 Å². The van der Waals surface area contributed by atoms with Gasteiger partial charge in [0.25, 0.3) is 0 Å². The normalized spacial score (nSPS) is 15.0. The fraction of sp³-hybridized carbons (Fsp3) is 0.417. The molecule has 0 saturated carbocycles. The molecule has 1 saturated heterocycles. The van der Waals surface area contributed by atoms with Crippen molar-refractivity contribution in [2.24, 2.45) is 11.7 Å². The minimum Gasteiger partial charge on any atom is -0.491 e. The van der Waals surface area contributed by atoms with E-state index in [0.717, 1.165) is 61.2 Å². The monoisotopic (exact) mass is 516 g/mol. The van der Waals surface area contributed by atoms with Crippen LogP contribution in [0.3, 0.4) is 0 Å². The van der Waals surface area contributed by atoms with Crippen molar-refractivity contribution < 1.29 is 9.13 Å². The molecule has 4 N–H and O–H groups in total. The summed E-state index contributed by atoms with van der Waals surface area (Å²) in [5.41, 5.74) is 7.61. The summed E-state index contributed by atoms with van der Waals surface area (Å²) in [5, 5.41) is 7.32. The molecular formula is C24H30BrFN6O. The zero-order chi connectivity index (χ0) is 23.2. The highest BCUT2D eigenvalue weighted by Gasteiger charge is 2.19. The molecule has 0 unspecified atom stereocenters. The fourth-order valence-corrected chi connectivity index (χ4v) is 4.25. The molecule has 0 atom stereocenters. The van der Waals surface area contributed by atoms with Crippen LogP contribution in [-0.2, 0) is 0 Å². The van der Waals surface area contributed by atoms with Crippen molar-refractivity contribution in [2.75, 3.05) is 50.5 Å². The van der Waals surface area contributed by atoms with Gasteiger partial charge >= 0.3 is 0 Å². The number of nitrogens with one attached hydrogen (secondary N) is 2. The SMILES string of the molecule is CN1CCC(COc2cc3ncnc(Nc4ccc(Br)cc4F)c3cc2NCCCN)CC1. The molecule has 4 rings (SSSR count). The second-order valence-corrected chi connectivity index (χ2v) is 9.38. The van der Waals surface area contributed by atoms with Crippen LogP contribution >= 0.6 is 15.9 Å². The third-order valence-corrected chi connectivity index (χ3v) is 6.42. The number of fused-ring (bicyclic) bond motifs is 1. The van der Waals surface area contributed by atoms with Crippen LogP contribution in [0.5, 0.6) is 5.75 Å². The third kappa shape index (κ3) is 6.10. The molecular weight excluding hydrogens is 487 g/mol. The molecule has 0 radical (unpaired) electrons. The molecule has 0 amide bonds. The van der Waals surface area contributed by atoms with E-state index in [4.69, 9.17) is 10.5 Å². The summed E-state index contributed by atoms with van der Waals surface area (Å²) in [4.78, 5) is 11.2. The Balaban J connectivity index is 1.61. The van der Waals surface area contributed by atoms with E-state index >= 15 is 0 Å². The van der Waals surface area contributed by atoms with Crippen LogP contribution in [0.2, 0.25) is 0 Å². The van der Waals surface area contributed by atoms with Crippen molar-refractivity contribution in [1.29, 1.82) is 0 Å². The molecule has 0 aliphatic carbocycles. The van der Waals surface area contributed by atoms with E-state index in [9.17, 15) is 4.39 Å². The maximum atomic E-state index is 14.4. The van der Waals surface area contributed by atoms with Gasteiger partial charge in [0.15, 0.2) is 0 Å². The molecule has 2 heterocycles. The van der Waals surface area contributed by atoms with Crippen LogP contribution in [-0.4, -0.2) is 54.7 Å². The Morgan fingerprint density at radius 2 is 2.00 bits per heavy atom. The van der Waals surface area contributed by atoms with Gasteiger partial charge in [0.05, 0.1) is 23.5 Å². The van der Waals surface area contributed by atoms with Crippen LogP contribution in [0.4, 0.5) is 21.6 Å². The van der Waals surface area contributed by atoms with Crippen molar-refractivity contribution in [1.82, 2.24) is 14.9 Å². The largest absolute Gasteiger partial charge is 0.491 e.